The third-order valence-electron chi connectivity index (χ3n) is 2.66. The molecule has 9 heteroatoms. The van der Waals surface area contributed by atoms with Crippen molar-refractivity contribution in [2.45, 2.75) is 46.1 Å². The highest BCUT2D eigenvalue weighted by molar-refractivity contribution is 5.91. The van der Waals surface area contributed by atoms with Crippen LogP contribution in [0.25, 0.3) is 0 Å². The summed E-state index contributed by atoms with van der Waals surface area (Å²) in [4.78, 5) is 47.7. The molecule has 0 atom stereocenters. The van der Waals surface area contributed by atoms with E-state index in [1.54, 1.807) is 13.8 Å². The summed E-state index contributed by atoms with van der Waals surface area (Å²) >= 11 is 0. The minimum Gasteiger partial charge on any atom is -0.466 e. The third-order valence-corrected chi connectivity index (χ3v) is 2.66. The first-order chi connectivity index (χ1) is 11.3. The first-order valence-electron chi connectivity index (χ1n) is 7.69. The van der Waals surface area contributed by atoms with Gasteiger partial charge >= 0.3 is 24.1 Å². The summed E-state index contributed by atoms with van der Waals surface area (Å²) in [6.45, 7) is 6.25. The summed E-state index contributed by atoms with van der Waals surface area (Å²) in [6.07, 6.45) is -2.60. The first-order valence-corrected chi connectivity index (χ1v) is 7.69. The number of carbonyl (C=O) groups is 4. The molecule has 0 saturated carbocycles. The second-order valence-electron chi connectivity index (χ2n) is 4.46. The van der Waals surface area contributed by atoms with Crippen LogP contribution in [0, 0.1) is 0 Å². The van der Waals surface area contributed by atoms with Gasteiger partial charge in [-0.05, 0) is 27.7 Å². The van der Waals surface area contributed by atoms with Crippen molar-refractivity contribution in [2.75, 3.05) is 26.4 Å². The lowest BCUT2D eigenvalue weighted by Crippen LogP contribution is -2.48. The van der Waals surface area contributed by atoms with Crippen LogP contribution in [-0.2, 0) is 38.1 Å². The number of esters is 3. The van der Waals surface area contributed by atoms with Crippen molar-refractivity contribution in [1.82, 2.24) is 0 Å². The van der Waals surface area contributed by atoms with Crippen LogP contribution < -0.4 is 0 Å². The average Bonchev–Trinajstić information content (AvgIpc) is 2.47. The predicted octanol–water partition coefficient (Wildman–Crippen LogP) is 1.37. The molecular weight excluding hydrogens is 324 g/mol. The first kappa shape index (κ1) is 21.7. The topological polar surface area (TPSA) is 114 Å². The Balaban J connectivity index is 5.60. The summed E-state index contributed by atoms with van der Waals surface area (Å²) < 4.78 is 24.0. The van der Waals surface area contributed by atoms with Gasteiger partial charge < -0.3 is 23.7 Å². The lowest BCUT2D eigenvalue weighted by Gasteiger charge is -2.28. The van der Waals surface area contributed by atoms with E-state index in [1.807, 2.05) is 0 Å². The Morgan fingerprint density at radius 3 is 1.46 bits per heavy atom. The van der Waals surface area contributed by atoms with Crippen LogP contribution in [0.2, 0.25) is 0 Å². The Labute approximate surface area is 140 Å². The second-order valence-corrected chi connectivity index (χ2v) is 4.46. The van der Waals surface area contributed by atoms with Crippen LogP contribution in [-0.4, -0.2) is 56.1 Å². The van der Waals surface area contributed by atoms with E-state index in [9.17, 15) is 19.2 Å². The Morgan fingerprint density at radius 1 is 0.667 bits per heavy atom. The molecule has 24 heavy (non-hydrogen) atoms. The fraction of sp³-hybridized carbons (Fsp3) is 0.733. The molecule has 0 saturated heterocycles. The van der Waals surface area contributed by atoms with Crippen LogP contribution in [0.1, 0.15) is 40.5 Å². The van der Waals surface area contributed by atoms with Gasteiger partial charge in [-0.3, -0.25) is 9.59 Å². The zero-order valence-corrected chi connectivity index (χ0v) is 14.4. The molecule has 0 fully saturated rings. The van der Waals surface area contributed by atoms with Crippen LogP contribution in [0.5, 0.6) is 0 Å². The van der Waals surface area contributed by atoms with E-state index in [0.29, 0.717) is 0 Å². The largest absolute Gasteiger partial charge is 0.509 e. The highest BCUT2D eigenvalue weighted by atomic mass is 16.7. The fourth-order valence-corrected chi connectivity index (χ4v) is 1.78. The summed E-state index contributed by atoms with van der Waals surface area (Å²) in [5.41, 5.74) is -2.21. The highest BCUT2D eigenvalue weighted by Crippen LogP contribution is 2.26. The lowest BCUT2D eigenvalue weighted by atomic mass is 9.95. The van der Waals surface area contributed by atoms with Gasteiger partial charge in [0.25, 0.3) is 0 Å². The minimum atomic E-state index is -2.21. The molecule has 0 aliphatic rings. The van der Waals surface area contributed by atoms with E-state index in [1.165, 1.54) is 13.8 Å². The van der Waals surface area contributed by atoms with Crippen molar-refractivity contribution >= 4 is 24.1 Å². The summed E-state index contributed by atoms with van der Waals surface area (Å²) in [6, 6.07) is 0. The van der Waals surface area contributed by atoms with Gasteiger partial charge in [0.15, 0.2) is 0 Å². The van der Waals surface area contributed by atoms with Gasteiger partial charge in [-0.25, -0.2) is 9.59 Å². The Morgan fingerprint density at radius 2 is 1.08 bits per heavy atom. The van der Waals surface area contributed by atoms with Gasteiger partial charge in [0.05, 0.1) is 39.3 Å². The summed E-state index contributed by atoms with van der Waals surface area (Å²) in [7, 11) is 0. The van der Waals surface area contributed by atoms with E-state index in [0.717, 1.165) is 0 Å². The van der Waals surface area contributed by atoms with Crippen LogP contribution >= 0.6 is 0 Å². The maximum absolute atomic E-state index is 12.3. The predicted molar refractivity (Wildman–Crippen MR) is 80.0 cm³/mol. The zero-order valence-electron chi connectivity index (χ0n) is 14.4. The van der Waals surface area contributed by atoms with Crippen molar-refractivity contribution in [2.24, 2.45) is 0 Å². The van der Waals surface area contributed by atoms with Crippen LogP contribution in [0.3, 0.4) is 0 Å². The van der Waals surface area contributed by atoms with Gasteiger partial charge in [-0.15, -0.1) is 0 Å². The van der Waals surface area contributed by atoms with Crippen molar-refractivity contribution in [3.63, 3.8) is 0 Å². The molecule has 0 aromatic heterocycles. The zero-order chi connectivity index (χ0) is 18.6. The van der Waals surface area contributed by atoms with Gasteiger partial charge in [-0.2, -0.15) is 0 Å². The fourth-order valence-electron chi connectivity index (χ4n) is 1.78. The smallest absolute Gasteiger partial charge is 0.466 e. The molecule has 138 valence electrons. The van der Waals surface area contributed by atoms with Crippen molar-refractivity contribution in [3.05, 3.63) is 0 Å². The average molecular weight is 348 g/mol. The van der Waals surface area contributed by atoms with E-state index in [4.69, 9.17) is 18.9 Å². The van der Waals surface area contributed by atoms with Crippen molar-refractivity contribution in [3.8, 4) is 0 Å². The Hall–Kier alpha value is -2.32. The maximum atomic E-state index is 12.3. The van der Waals surface area contributed by atoms with Crippen molar-refractivity contribution < 1.29 is 42.9 Å². The van der Waals surface area contributed by atoms with E-state index < -0.39 is 42.5 Å². The molecule has 0 aliphatic heterocycles. The molecule has 0 aliphatic carbocycles. The molecule has 0 unspecified atom stereocenters. The molecule has 0 spiro atoms. The molecule has 0 radical (unpaired) electrons. The number of ether oxygens (including phenoxy) is 5. The summed E-state index contributed by atoms with van der Waals surface area (Å²) in [5.74, 6) is -2.72. The Kier molecular flexibility index (Phi) is 10.2. The molecule has 0 heterocycles. The maximum Gasteiger partial charge on any atom is 0.509 e. The summed E-state index contributed by atoms with van der Waals surface area (Å²) in [5, 5.41) is 0. The van der Waals surface area contributed by atoms with Gasteiger partial charge in [0.1, 0.15) is 0 Å². The standard InChI is InChI=1S/C15H24O9/c1-5-20-11(16)9-15(13(18)22-7-3,10-12(17)21-6-2)24-14(19)23-8-4/h5-10H2,1-4H3. The van der Waals surface area contributed by atoms with Crippen LogP contribution in [0.4, 0.5) is 4.79 Å². The number of hydrogen-bond acceptors (Lipinski definition) is 9. The normalized spacial score (nSPS) is 10.5. The molecule has 0 aromatic carbocycles. The number of hydrogen-bond donors (Lipinski definition) is 0. The molecule has 9 nitrogen and oxygen atoms in total. The van der Waals surface area contributed by atoms with Gasteiger partial charge in [-0.1, -0.05) is 0 Å². The molecular formula is C15H24O9. The third kappa shape index (κ3) is 7.30. The molecule has 0 amide bonds. The SMILES string of the molecule is CCOC(=O)CC(CC(=O)OCC)(OC(=O)OCC)C(=O)OCC. The van der Waals surface area contributed by atoms with Gasteiger partial charge in [0.2, 0.25) is 5.60 Å². The van der Waals surface area contributed by atoms with Crippen LogP contribution in [0.15, 0.2) is 0 Å². The second kappa shape index (κ2) is 11.3. The lowest BCUT2D eigenvalue weighted by molar-refractivity contribution is -0.179. The Bertz CT molecular complexity index is 394. The quantitative estimate of drug-likeness (QED) is 0.426. The minimum absolute atomic E-state index is 0.0173. The van der Waals surface area contributed by atoms with Crippen molar-refractivity contribution in [1.29, 1.82) is 0 Å². The molecule has 0 rings (SSSR count). The molecule has 0 bridgehead atoms. The molecule has 0 aromatic rings. The van der Waals surface area contributed by atoms with E-state index >= 15 is 0 Å². The van der Waals surface area contributed by atoms with E-state index in [2.05, 4.69) is 4.74 Å². The number of rotatable bonds is 10. The van der Waals surface area contributed by atoms with Gasteiger partial charge in [0, 0.05) is 0 Å². The van der Waals surface area contributed by atoms with E-state index in [-0.39, 0.29) is 26.4 Å². The number of carbonyl (C=O) groups excluding carboxylic acids is 4. The monoisotopic (exact) mass is 348 g/mol. The highest BCUT2D eigenvalue weighted by Gasteiger charge is 2.49. The molecule has 0 N–H and O–H groups in total.